The Labute approximate surface area is 116 Å². The quantitative estimate of drug-likeness (QED) is 0.690. The van der Waals surface area contributed by atoms with E-state index in [4.69, 9.17) is 10.2 Å². The molecule has 0 aliphatic rings. The SMILES string of the molecule is Cc1occc1SCc1ccc(C#CCN)cc1F. The number of furan rings is 1. The summed E-state index contributed by atoms with van der Waals surface area (Å²) in [6, 6.07) is 6.90. The lowest BCUT2D eigenvalue weighted by Gasteiger charge is -2.03. The molecule has 0 spiro atoms. The van der Waals surface area contributed by atoms with Crippen molar-refractivity contribution in [3.05, 3.63) is 53.2 Å². The summed E-state index contributed by atoms with van der Waals surface area (Å²) in [4.78, 5) is 1.03. The highest BCUT2D eigenvalue weighted by molar-refractivity contribution is 7.98. The number of hydrogen-bond donors (Lipinski definition) is 1. The maximum Gasteiger partial charge on any atom is 0.128 e. The molecule has 1 heterocycles. The Balaban J connectivity index is 2.07. The fourth-order valence-corrected chi connectivity index (χ4v) is 2.52. The van der Waals surface area contributed by atoms with E-state index in [1.54, 1.807) is 24.1 Å². The molecule has 0 aliphatic heterocycles. The van der Waals surface area contributed by atoms with Crippen LogP contribution in [0.2, 0.25) is 0 Å². The Morgan fingerprint density at radius 3 is 2.84 bits per heavy atom. The lowest BCUT2D eigenvalue weighted by molar-refractivity contribution is 0.527. The van der Waals surface area contributed by atoms with Gasteiger partial charge >= 0.3 is 0 Å². The molecule has 0 unspecified atom stereocenters. The van der Waals surface area contributed by atoms with Gasteiger partial charge in [-0.05, 0) is 30.7 Å². The minimum atomic E-state index is -0.238. The summed E-state index contributed by atoms with van der Waals surface area (Å²) in [5.74, 6) is 6.71. The zero-order chi connectivity index (χ0) is 13.7. The molecule has 0 saturated carbocycles. The Kier molecular flexibility index (Phi) is 4.67. The molecule has 0 aliphatic carbocycles. The van der Waals surface area contributed by atoms with Crippen molar-refractivity contribution in [1.82, 2.24) is 0 Å². The molecular formula is C15H14FNOS. The first-order valence-electron chi connectivity index (χ1n) is 5.85. The van der Waals surface area contributed by atoms with E-state index in [9.17, 15) is 4.39 Å². The van der Waals surface area contributed by atoms with Gasteiger partial charge in [0, 0.05) is 16.2 Å². The zero-order valence-corrected chi connectivity index (χ0v) is 11.4. The Hall–Kier alpha value is -1.70. The third kappa shape index (κ3) is 3.63. The van der Waals surface area contributed by atoms with Crippen LogP contribution in [0.5, 0.6) is 0 Å². The first-order chi connectivity index (χ1) is 9.20. The van der Waals surface area contributed by atoms with Crippen LogP contribution in [0.4, 0.5) is 4.39 Å². The molecule has 1 aromatic heterocycles. The van der Waals surface area contributed by atoms with E-state index in [1.807, 2.05) is 19.1 Å². The zero-order valence-electron chi connectivity index (χ0n) is 10.6. The van der Waals surface area contributed by atoms with Crippen molar-refractivity contribution in [1.29, 1.82) is 0 Å². The summed E-state index contributed by atoms with van der Waals surface area (Å²) in [6.45, 7) is 2.17. The smallest absolute Gasteiger partial charge is 0.128 e. The summed E-state index contributed by atoms with van der Waals surface area (Å²) in [7, 11) is 0. The minimum absolute atomic E-state index is 0.238. The van der Waals surface area contributed by atoms with Crippen LogP contribution >= 0.6 is 11.8 Å². The van der Waals surface area contributed by atoms with E-state index in [2.05, 4.69) is 11.8 Å². The molecule has 2 aromatic rings. The monoisotopic (exact) mass is 275 g/mol. The average molecular weight is 275 g/mol. The van der Waals surface area contributed by atoms with Crippen molar-refractivity contribution in [2.45, 2.75) is 17.6 Å². The third-order valence-corrected chi connectivity index (χ3v) is 3.77. The van der Waals surface area contributed by atoms with Crippen LogP contribution in [-0.2, 0) is 5.75 Å². The topological polar surface area (TPSA) is 39.2 Å². The molecule has 2 N–H and O–H groups in total. The third-order valence-electron chi connectivity index (χ3n) is 2.58. The van der Waals surface area contributed by atoms with Gasteiger partial charge in [-0.3, -0.25) is 0 Å². The molecule has 98 valence electrons. The number of halogens is 1. The van der Waals surface area contributed by atoms with E-state index < -0.39 is 0 Å². The van der Waals surface area contributed by atoms with Crippen molar-refractivity contribution in [3.63, 3.8) is 0 Å². The van der Waals surface area contributed by atoms with Crippen molar-refractivity contribution < 1.29 is 8.81 Å². The van der Waals surface area contributed by atoms with Gasteiger partial charge in [0.2, 0.25) is 0 Å². The van der Waals surface area contributed by atoms with Crippen molar-refractivity contribution in [3.8, 4) is 11.8 Å². The Bertz CT molecular complexity index is 625. The van der Waals surface area contributed by atoms with Gasteiger partial charge in [-0.15, -0.1) is 11.8 Å². The summed E-state index contributed by atoms with van der Waals surface area (Å²) in [5.41, 5.74) is 6.59. The van der Waals surface area contributed by atoms with E-state index in [1.165, 1.54) is 6.07 Å². The minimum Gasteiger partial charge on any atom is -0.468 e. The number of hydrogen-bond acceptors (Lipinski definition) is 3. The summed E-state index contributed by atoms with van der Waals surface area (Å²) in [5, 5.41) is 0. The molecule has 4 heteroatoms. The highest BCUT2D eigenvalue weighted by Gasteiger charge is 2.06. The van der Waals surface area contributed by atoms with Gasteiger partial charge in [-0.2, -0.15) is 0 Å². The highest BCUT2D eigenvalue weighted by Crippen LogP contribution is 2.27. The normalized spacial score (nSPS) is 10.1. The average Bonchev–Trinajstić information content (AvgIpc) is 2.81. The van der Waals surface area contributed by atoms with Crippen LogP contribution in [0.1, 0.15) is 16.9 Å². The molecule has 0 atom stereocenters. The number of benzene rings is 1. The maximum absolute atomic E-state index is 13.9. The summed E-state index contributed by atoms with van der Waals surface area (Å²) < 4.78 is 19.1. The molecule has 1 aromatic carbocycles. The molecule has 0 saturated heterocycles. The second kappa shape index (κ2) is 6.46. The van der Waals surface area contributed by atoms with E-state index >= 15 is 0 Å². The Morgan fingerprint density at radius 2 is 2.21 bits per heavy atom. The van der Waals surface area contributed by atoms with Crippen LogP contribution in [0, 0.1) is 24.6 Å². The summed E-state index contributed by atoms with van der Waals surface area (Å²) >= 11 is 1.55. The van der Waals surface area contributed by atoms with E-state index in [0.717, 1.165) is 10.7 Å². The summed E-state index contributed by atoms with van der Waals surface area (Å²) in [6.07, 6.45) is 1.64. The van der Waals surface area contributed by atoms with Gasteiger partial charge in [0.05, 0.1) is 12.8 Å². The lowest BCUT2D eigenvalue weighted by Crippen LogP contribution is -1.93. The maximum atomic E-state index is 13.9. The number of aryl methyl sites for hydroxylation is 1. The van der Waals surface area contributed by atoms with Gasteiger partial charge < -0.3 is 10.2 Å². The largest absolute Gasteiger partial charge is 0.468 e. The van der Waals surface area contributed by atoms with Crippen LogP contribution < -0.4 is 5.73 Å². The molecule has 0 radical (unpaired) electrons. The van der Waals surface area contributed by atoms with Gasteiger partial charge in [-0.25, -0.2) is 4.39 Å². The predicted molar refractivity (Wildman–Crippen MR) is 75.3 cm³/mol. The van der Waals surface area contributed by atoms with Crippen molar-refractivity contribution >= 4 is 11.8 Å². The first kappa shape index (κ1) is 13.7. The van der Waals surface area contributed by atoms with Crippen LogP contribution in [-0.4, -0.2) is 6.54 Å². The van der Waals surface area contributed by atoms with E-state index in [-0.39, 0.29) is 12.4 Å². The van der Waals surface area contributed by atoms with Crippen molar-refractivity contribution in [2.75, 3.05) is 6.54 Å². The van der Waals surface area contributed by atoms with Crippen molar-refractivity contribution in [2.24, 2.45) is 5.73 Å². The van der Waals surface area contributed by atoms with Crippen LogP contribution in [0.25, 0.3) is 0 Å². The number of thioether (sulfide) groups is 1. The molecule has 0 amide bonds. The molecule has 0 bridgehead atoms. The van der Waals surface area contributed by atoms with Gasteiger partial charge in [0.15, 0.2) is 0 Å². The number of rotatable bonds is 3. The fourth-order valence-electron chi connectivity index (χ4n) is 1.57. The van der Waals surface area contributed by atoms with E-state index in [0.29, 0.717) is 16.9 Å². The Morgan fingerprint density at radius 1 is 1.37 bits per heavy atom. The molecule has 2 rings (SSSR count). The second-order valence-corrected chi connectivity index (χ2v) is 4.96. The first-order valence-corrected chi connectivity index (χ1v) is 6.83. The molecule has 0 fully saturated rings. The standard InChI is InChI=1S/C15H14FNOS/c1-11-15(6-8-18-11)19-10-13-5-4-12(3-2-7-17)9-14(13)16/h4-6,8-9H,7,10,17H2,1H3. The van der Waals surface area contributed by atoms with Gasteiger partial charge in [0.25, 0.3) is 0 Å². The van der Waals surface area contributed by atoms with Crippen LogP contribution in [0.15, 0.2) is 39.8 Å². The highest BCUT2D eigenvalue weighted by atomic mass is 32.2. The number of nitrogens with two attached hydrogens (primary N) is 1. The fraction of sp³-hybridized carbons (Fsp3) is 0.200. The predicted octanol–water partition coefficient (Wildman–Crippen LogP) is 3.33. The molecule has 19 heavy (non-hydrogen) atoms. The van der Waals surface area contributed by atoms with Gasteiger partial charge in [-0.1, -0.05) is 17.9 Å². The molecule has 2 nitrogen and oxygen atoms in total. The molecular weight excluding hydrogens is 261 g/mol. The van der Waals surface area contributed by atoms with Crippen LogP contribution in [0.3, 0.4) is 0 Å². The lowest BCUT2D eigenvalue weighted by atomic mass is 10.1. The second-order valence-electron chi connectivity index (χ2n) is 3.94. The van der Waals surface area contributed by atoms with Gasteiger partial charge in [0.1, 0.15) is 11.6 Å².